The third-order valence-electron chi connectivity index (χ3n) is 2.30. The van der Waals surface area contributed by atoms with Gasteiger partial charge in [-0.25, -0.2) is 0 Å². The fraction of sp³-hybridized carbons (Fsp3) is 0.286. The van der Waals surface area contributed by atoms with Gasteiger partial charge in [-0.05, 0) is 12.5 Å². The summed E-state index contributed by atoms with van der Waals surface area (Å²) in [6, 6.07) is 12.0. The summed E-state index contributed by atoms with van der Waals surface area (Å²) in [5, 5.41) is 17.9. The van der Waals surface area contributed by atoms with E-state index in [9.17, 15) is 4.79 Å². The molecule has 0 N–H and O–H groups in total. The highest BCUT2D eigenvalue weighted by Gasteiger charge is 2.17. The molecule has 0 aliphatic heterocycles. The van der Waals surface area contributed by atoms with Crippen molar-refractivity contribution in [3.63, 3.8) is 0 Å². The Morgan fingerprint density at radius 1 is 1.37 bits per heavy atom. The Balaban J connectivity index is 2.81. The molecular formula is C14H13N3O2. The number of hydrogen-bond donors (Lipinski definition) is 0. The van der Waals surface area contributed by atoms with Crippen LogP contribution in [0.1, 0.15) is 18.5 Å². The first-order chi connectivity index (χ1) is 9.22. The van der Waals surface area contributed by atoms with E-state index in [-0.39, 0.29) is 6.61 Å². The van der Waals surface area contributed by atoms with E-state index in [0.29, 0.717) is 5.56 Å². The van der Waals surface area contributed by atoms with Crippen LogP contribution < -0.4 is 0 Å². The predicted octanol–water partition coefficient (Wildman–Crippen LogP) is 2.02. The van der Waals surface area contributed by atoms with Crippen molar-refractivity contribution < 1.29 is 9.53 Å². The topological polar surface area (TPSA) is 86.2 Å². The van der Waals surface area contributed by atoms with E-state index in [1.807, 2.05) is 12.1 Å². The van der Waals surface area contributed by atoms with Crippen molar-refractivity contribution in [2.75, 3.05) is 6.61 Å². The Morgan fingerprint density at radius 3 is 2.58 bits per heavy atom. The number of carbonyl (C=O) groups is 1. The van der Waals surface area contributed by atoms with Gasteiger partial charge in [0.2, 0.25) is 0 Å². The van der Waals surface area contributed by atoms with E-state index in [0.717, 1.165) is 0 Å². The zero-order valence-electron chi connectivity index (χ0n) is 10.5. The highest BCUT2D eigenvalue weighted by molar-refractivity contribution is 5.93. The number of benzene rings is 1. The van der Waals surface area contributed by atoms with Gasteiger partial charge in [-0.3, -0.25) is 9.79 Å². The van der Waals surface area contributed by atoms with Crippen LogP contribution in [0.5, 0.6) is 0 Å². The predicted molar refractivity (Wildman–Crippen MR) is 69.0 cm³/mol. The molecule has 96 valence electrons. The molecule has 0 aliphatic carbocycles. The largest absolute Gasteiger partial charge is 0.465 e. The van der Waals surface area contributed by atoms with Gasteiger partial charge in [0.25, 0.3) is 0 Å². The molecule has 1 rings (SSSR count). The standard InChI is InChI=1S/C14H13N3O2/c1-2-19-14(18)12(8-15)10-17-13(9-16)11-6-4-3-5-7-11/h3-7,10,12-13H,2H2,1H3/t12-,13-/m0/s1. The fourth-order valence-corrected chi connectivity index (χ4v) is 1.38. The third-order valence-corrected chi connectivity index (χ3v) is 2.30. The number of nitriles is 2. The van der Waals surface area contributed by atoms with E-state index in [1.54, 1.807) is 37.3 Å². The molecule has 0 radical (unpaired) electrons. The van der Waals surface area contributed by atoms with Gasteiger partial charge in [-0.1, -0.05) is 30.3 Å². The van der Waals surface area contributed by atoms with E-state index in [1.165, 1.54) is 6.21 Å². The molecule has 0 aliphatic rings. The Kier molecular flexibility index (Phi) is 5.78. The van der Waals surface area contributed by atoms with E-state index < -0.39 is 17.9 Å². The number of carbonyl (C=O) groups excluding carboxylic acids is 1. The number of ether oxygens (including phenoxy) is 1. The van der Waals surface area contributed by atoms with Gasteiger partial charge in [0, 0.05) is 6.21 Å². The average Bonchev–Trinajstić information content (AvgIpc) is 2.45. The van der Waals surface area contributed by atoms with Crippen LogP contribution in [0.2, 0.25) is 0 Å². The maximum Gasteiger partial charge on any atom is 0.328 e. The Labute approximate surface area is 111 Å². The van der Waals surface area contributed by atoms with Gasteiger partial charge in [0.05, 0.1) is 18.7 Å². The Morgan fingerprint density at radius 2 is 2.05 bits per heavy atom. The second-order valence-electron chi connectivity index (χ2n) is 3.60. The molecule has 0 saturated carbocycles. The molecule has 0 spiro atoms. The van der Waals surface area contributed by atoms with Crippen LogP contribution in [-0.4, -0.2) is 18.8 Å². The van der Waals surface area contributed by atoms with Gasteiger partial charge >= 0.3 is 5.97 Å². The van der Waals surface area contributed by atoms with Crippen LogP contribution in [0, 0.1) is 28.6 Å². The summed E-state index contributed by atoms with van der Waals surface area (Å²) in [5.74, 6) is -1.74. The van der Waals surface area contributed by atoms with Crippen LogP contribution in [0.4, 0.5) is 0 Å². The maximum absolute atomic E-state index is 11.4. The lowest BCUT2D eigenvalue weighted by Crippen LogP contribution is -2.17. The molecule has 5 heteroatoms. The van der Waals surface area contributed by atoms with E-state index in [2.05, 4.69) is 4.99 Å². The van der Waals surface area contributed by atoms with E-state index in [4.69, 9.17) is 15.3 Å². The highest BCUT2D eigenvalue weighted by Crippen LogP contribution is 2.15. The second kappa shape index (κ2) is 7.62. The summed E-state index contributed by atoms with van der Waals surface area (Å²) in [5.41, 5.74) is 0.710. The zero-order chi connectivity index (χ0) is 14.1. The summed E-state index contributed by atoms with van der Waals surface area (Å²) in [7, 11) is 0. The number of esters is 1. The summed E-state index contributed by atoms with van der Waals surface area (Å²) in [4.78, 5) is 15.4. The quantitative estimate of drug-likeness (QED) is 0.595. The summed E-state index contributed by atoms with van der Waals surface area (Å²) < 4.78 is 4.73. The molecule has 0 bridgehead atoms. The van der Waals surface area contributed by atoms with Gasteiger partial charge in [0.1, 0.15) is 0 Å². The van der Waals surface area contributed by atoms with Crippen LogP contribution in [0.25, 0.3) is 0 Å². The summed E-state index contributed by atoms with van der Waals surface area (Å²) >= 11 is 0. The zero-order valence-corrected chi connectivity index (χ0v) is 10.5. The number of rotatable bonds is 5. The molecular weight excluding hydrogens is 242 g/mol. The van der Waals surface area contributed by atoms with Crippen molar-refractivity contribution >= 4 is 12.2 Å². The molecule has 0 unspecified atom stereocenters. The molecule has 0 amide bonds. The molecule has 0 heterocycles. The normalized spacial score (nSPS) is 13.2. The van der Waals surface area contributed by atoms with Crippen LogP contribution >= 0.6 is 0 Å². The summed E-state index contributed by atoms with van der Waals surface area (Å²) in [6.07, 6.45) is 1.17. The summed E-state index contributed by atoms with van der Waals surface area (Å²) in [6.45, 7) is 1.86. The molecule has 0 fully saturated rings. The monoisotopic (exact) mass is 255 g/mol. The number of nitrogens with zero attached hydrogens (tertiary/aromatic N) is 3. The number of aliphatic imine (C=N–C) groups is 1. The van der Waals surface area contributed by atoms with Crippen molar-refractivity contribution in [1.29, 1.82) is 10.5 Å². The van der Waals surface area contributed by atoms with Gasteiger partial charge < -0.3 is 4.74 Å². The van der Waals surface area contributed by atoms with Crippen LogP contribution in [-0.2, 0) is 9.53 Å². The van der Waals surface area contributed by atoms with Crippen molar-refractivity contribution in [2.45, 2.75) is 13.0 Å². The Bertz CT molecular complexity index is 526. The molecule has 19 heavy (non-hydrogen) atoms. The van der Waals surface area contributed by atoms with Crippen LogP contribution in [0.15, 0.2) is 35.3 Å². The molecule has 0 aromatic heterocycles. The Hall–Kier alpha value is -2.66. The maximum atomic E-state index is 11.4. The smallest absolute Gasteiger partial charge is 0.328 e. The van der Waals surface area contributed by atoms with Crippen molar-refractivity contribution in [3.8, 4) is 12.1 Å². The van der Waals surface area contributed by atoms with Gasteiger partial charge in [0.15, 0.2) is 12.0 Å². The third kappa shape index (κ3) is 4.25. The number of hydrogen-bond acceptors (Lipinski definition) is 5. The lowest BCUT2D eigenvalue weighted by molar-refractivity contribution is -0.143. The lowest BCUT2D eigenvalue weighted by atomic mass is 10.1. The van der Waals surface area contributed by atoms with Gasteiger partial charge in [-0.2, -0.15) is 10.5 Å². The molecule has 1 aromatic carbocycles. The first kappa shape index (κ1) is 14.4. The minimum Gasteiger partial charge on any atom is -0.465 e. The molecule has 2 atom stereocenters. The average molecular weight is 255 g/mol. The van der Waals surface area contributed by atoms with Crippen molar-refractivity contribution in [3.05, 3.63) is 35.9 Å². The van der Waals surface area contributed by atoms with Crippen LogP contribution in [0.3, 0.4) is 0 Å². The highest BCUT2D eigenvalue weighted by atomic mass is 16.5. The molecule has 0 saturated heterocycles. The molecule has 5 nitrogen and oxygen atoms in total. The minimum atomic E-state index is -1.08. The molecule has 1 aromatic rings. The lowest BCUT2D eigenvalue weighted by Gasteiger charge is -2.05. The SMILES string of the molecule is CCOC(=O)[C@@H](C#N)C=N[C@@H](C#N)c1ccccc1. The van der Waals surface area contributed by atoms with Crippen molar-refractivity contribution in [2.24, 2.45) is 10.9 Å². The fourth-order valence-electron chi connectivity index (χ4n) is 1.38. The van der Waals surface area contributed by atoms with Gasteiger partial charge in [-0.15, -0.1) is 0 Å². The first-order valence-corrected chi connectivity index (χ1v) is 5.77. The first-order valence-electron chi connectivity index (χ1n) is 5.77. The van der Waals surface area contributed by atoms with Crippen molar-refractivity contribution in [1.82, 2.24) is 0 Å². The minimum absolute atomic E-state index is 0.200. The second-order valence-corrected chi connectivity index (χ2v) is 3.60. The van der Waals surface area contributed by atoms with E-state index >= 15 is 0 Å².